The second-order valence-electron chi connectivity index (χ2n) is 8.70. The fourth-order valence-corrected chi connectivity index (χ4v) is 5.59. The summed E-state index contributed by atoms with van der Waals surface area (Å²) >= 11 is 5.85. The molecule has 4 heterocycles. The van der Waals surface area contributed by atoms with Crippen LogP contribution in [0.1, 0.15) is 29.2 Å². The molecule has 9 nitrogen and oxygen atoms in total. The molecule has 37 heavy (non-hydrogen) atoms. The molecule has 0 aliphatic carbocycles. The van der Waals surface area contributed by atoms with Crippen LogP contribution < -0.4 is 19.7 Å². The zero-order chi connectivity index (χ0) is 26.2. The van der Waals surface area contributed by atoms with Gasteiger partial charge in [-0.2, -0.15) is 0 Å². The summed E-state index contributed by atoms with van der Waals surface area (Å²) < 4.78 is 34.2. The van der Waals surface area contributed by atoms with Crippen LogP contribution in [-0.4, -0.2) is 41.4 Å². The largest absolute Gasteiger partial charge is 0.495 e. The van der Waals surface area contributed by atoms with Gasteiger partial charge in [0.05, 0.1) is 42.7 Å². The molecule has 1 fully saturated rings. The molecule has 3 aromatic heterocycles. The van der Waals surface area contributed by atoms with Crippen molar-refractivity contribution < 1.29 is 13.2 Å². The first-order valence-electron chi connectivity index (χ1n) is 11.5. The van der Waals surface area contributed by atoms with Crippen molar-refractivity contribution in [1.82, 2.24) is 19.9 Å². The van der Waals surface area contributed by atoms with E-state index in [4.69, 9.17) is 17.0 Å². The smallest absolute Gasteiger partial charge is 0.229 e. The van der Waals surface area contributed by atoms with E-state index in [1.54, 1.807) is 24.5 Å². The number of anilines is 2. The van der Waals surface area contributed by atoms with Gasteiger partial charge in [-0.1, -0.05) is 6.07 Å². The van der Waals surface area contributed by atoms with Crippen molar-refractivity contribution in [3.63, 3.8) is 0 Å². The van der Waals surface area contributed by atoms with Gasteiger partial charge < -0.3 is 19.5 Å². The maximum absolute atomic E-state index is 12.1. The van der Waals surface area contributed by atoms with Crippen molar-refractivity contribution in [3.05, 3.63) is 96.3 Å². The van der Waals surface area contributed by atoms with Crippen molar-refractivity contribution in [2.45, 2.75) is 19.0 Å². The minimum absolute atomic E-state index is 0.271. The highest BCUT2D eigenvalue weighted by Gasteiger charge is 2.42. The van der Waals surface area contributed by atoms with E-state index in [2.05, 4.69) is 36.7 Å². The molecule has 4 aromatic rings. The number of hydrogen-bond donors (Lipinski definition) is 2. The lowest BCUT2D eigenvalue weighted by Crippen LogP contribution is -2.30. The average Bonchev–Trinajstić information content (AvgIpc) is 3.43. The van der Waals surface area contributed by atoms with Crippen LogP contribution in [0.5, 0.6) is 5.75 Å². The Morgan fingerprint density at radius 3 is 2.57 bits per heavy atom. The van der Waals surface area contributed by atoms with E-state index in [1.165, 1.54) is 7.11 Å². The van der Waals surface area contributed by atoms with Crippen LogP contribution in [0.15, 0.2) is 79.3 Å². The highest BCUT2D eigenvalue weighted by atomic mass is 32.2. The van der Waals surface area contributed by atoms with Crippen LogP contribution in [0, 0.1) is 6.92 Å². The Morgan fingerprint density at radius 2 is 1.89 bits per heavy atom. The highest BCUT2D eigenvalue weighted by molar-refractivity contribution is 7.92. The van der Waals surface area contributed by atoms with Gasteiger partial charge in [0.15, 0.2) is 5.11 Å². The molecule has 190 valence electrons. The molecule has 1 aliphatic heterocycles. The zero-order valence-electron chi connectivity index (χ0n) is 20.5. The maximum atomic E-state index is 12.1. The molecule has 5 rings (SSSR count). The molecule has 0 amide bonds. The Morgan fingerprint density at radius 1 is 1.05 bits per heavy atom. The first-order chi connectivity index (χ1) is 17.8. The number of thiocarbonyl (C=S) groups is 1. The topological polar surface area (TPSA) is 101 Å². The second-order valence-corrected chi connectivity index (χ2v) is 10.8. The molecule has 0 spiro atoms. The van der Waals surface area contributed by atoms with Gasteiger partial charge in [-0.3, -0.25) is 14.7 Å². The van der Waals surface area contributed by atoms with Crippen LogP contribution in [0.2, 0.25) is 0 Å². The van der Waals surface area contributed by atoms with Gasteiger partial charge in [0, 0.05) is 29.5 Å². The van der Waals surface area contributed by atoms with E-state index >= 15 is 0 Å². The van der Waals surface area contributed by atoms with Crippen LogP contribution in [0.25, 0.3) is 5.69 Å². The third-order valence-electron chi connectivity index (χ3n) is 6.17. The molecule has 0 saturated carbocycles. The minimum Gasteiger partial charge on any atom is -0.495 e. The number of nitrogens with one attached hydrogen (secondary N) is 2. The summed E-state index contributed by atoms with van der Waals surface area (Å²) in [6.07, 6.45) is 6.42. The Balaban J connectivity index is 1.69. The average molecular weight is 535 g/mol. The summed E-state index contributed by atoms with van der Waals surface area (Å²) in [4.78, 5) is 10.9. The lowest BCUT2D eigenvalue weighted by Gasteiger charge is -2.29. The normalized spacial score (nSPS) is 17.5. The molecule has 11 heteroatoms. The fourth-order valence-electron chi connectivity index (χ4n) is 4.69. The minimum atomic E-state index is -3.54. The van der Waals surface area contributed by atoms with Crippen molar-refractivity contribution >= 4 is 38.7 Å². The summed E-state index contributed by atoms with van der Waals surface area (Å²) in [5.41, 5.74) is 4.79. The predicted molar refractivity (Wildman–Crippen MR) is 148 cm³/mol. The molecule has 0 radical (unpaired) electrons. The summed E-state index contributed by atoms with van der Waals surface area (Å²) in [5, 5.41) is 3.94. The van der Waals surface area contributed by atoms with E-state index in [9.17, 15) is 8.42 Å². The number of nitrogens with zero attached hydrogens (tertiary/aromatic N) is 4. The third kappa shape index (κ3) is 4.87. The number of sulfonamides is 1. The number of aromatic nitrogens is 3. The number of rotatable bonds is 7. The molecule has 0 bridgehead atoms. The van der Waals surface area contributed by atoms with Gasteiger partial charge in [0.1, 0.15) is 11.8 Å². The molecule has 1 aromatic carbocycles. The lowest BCUT2D eigenvalue weighted by molar-refractivity contribution is 0.417. The van der Waals surface area contributed by atoms with Crippen LogP contribution in [-0.2, 0) is 10.0 Å². The van der Waals surface area contributed by atoms with Crippen molar-refractivity contribution in [2.24, 2.45) is 0 Å². The van der Waals surface area contributed by atoms with E-state index < -0.39 is 10.0 Å². The van der Waals surface area contributed by atoms with Gasteiger partial charge in [-0.15, -0.1) is 0 Å². The van der Waals surface area contributed by atoms with Crippen LogP contribution >= 0.6 is 12.2 Å². The summed E-state index contributed by atoms with van der Waals surface area (Å²) in [6.45, 7) is 2.04. The third-order valence-corrected chi connectivity index (χ3v) is 7.07. The number of hydrogen-bond acceptors (Lipinski definition) is 6. The van der Waals surface area contributed by atoms with Crippen LogP contribution in [0.3, 0.4) is 0 Å². The molecule has 1 aliphatic rings. The molecule has 0 unspecified atom stereocenters. The number of benzene rings is 1. The second kappa shape index (κ2) is 9.83. The van der Waals surface area contributed by atoms with E-state index in [0.717, 1.165) is 29.0 Å². The molecular formula is C26H26N6O3S2. The van der Waals surface area contributed by atoms with Crippen molar-refractivity contribution in [3.8, 4) is 11.4 Å². The number of pyridine rings is 2. The SMILES string of the molecule is COc1ccc(N2C(=S)N[C@H](c3ccccn3)[C@@H]2c2ccc(C)n2-c2cccnc2)cc1NS(C)(=O)=O. The van der Waals surface area contributed by atoms with Crippen molar-refractivity contribution in [2.75, 3.05) is 23.0 Å². The van der Waals surface area contributed by atoms with Gasteiger partial charge in [0.2, 0.25) is 10.0 Å². The molecule has 2 N–H and O–H groups in total. The Hall–Kier alpha value is -3.96. The maximum Gasteiger partial charge on any atom is 0.229 e. The first kappa shape index (κ1) is 24.7. The quantitative estimate of drug-likeness (QED) is 0.341. The van der Waals surface area contributed by atoms with E-state index in [-0.39, 0.29) is 12.1 Å². The number of methoxy groups -OCH3 is 1. The summed E-state index contributed by atoms with van der Waals surface area (Å²) in [6, 6.07) is 18.5. The lowest BCUT2D eigenvalue weighted by atomic mass is 10.0. The Kier molecular flexibility index (Phi) is 6.57. The summed E-state index contributed by atoms with van der Waals surface area (Å²) in [5.74, 6) is 0.402. The standard InChI is InChI=1S/C26H26N6O3S2/c1-17-9-11-22(31(17)19-7-6-13-27-16-19)25-24(20-8-4-5-14-28-20)29-26(36)32(25)18-10-12-23(35-2)21(15-18)30-37(3,33)34/h4-16,24-25,30H,1-3H3,(H,29,36)/t24-,25+/m1/s1. The van der Waals surface area contributed by atoms with Gasteiger partial charge >= 0.3 is 0 Å². The van der Waals surface area contributed by atoms with Crippen molar-refractivity contribution in [1.29, 1.82) is 0 Å². The molecular weight excluding hydrogens is 508 g/mol. The number of ether oxygens (including phenoxy) is 1. The first-order valence-corrected chi connectivity index (χ1v) is 13.8. The number of aryl methyl sites for hydroxylation is 1. The van der Waals surface area contributed by atoms with Gasteiger partial charge in [-0.25, -0.2) is 8.42 Å². The zero-order valence-corrected chi connectivity index (χ0v) is 22.1. The van der Waals surface area contributed by atoms with E-state index in [1.807, 2.05) is 54.4 Å². The fraction of sp³-hybridized carbons (Fsp3) is 0.192. The Labute approximate surface area is 221 Å². The van der Waals surface area contributed by atoms with E-state index in [0.29, 0.717) is 22.2 Å². The highest BCUT2D eigenvalue weighted by Crippen LogP contribution is 2.44. The predicted octanol–water partition coefficient (Wildman–Crippen LogP) is 4.13. The monoisotopic (exact) mass is 534 g/mol. The van der Waals surface area contributed by atoms with Crippen LogP contribution in [0.4, 0.5) is 11.4 Å². The van der Waals surface area contributed by atoms with Gasteiger partial charge in [-0.05, 0) is 73.7 Å². The molecule has 1 saturated heterocycles. The molecule has 2 atom stereocenters. The van der Waals surface area contributed by atoms with Gasteiger partial charge in [0.25, 0.3) is 0 Å². The Bertz CT molecular complexity index is 1540. The summed E-state index contributed by atoms with van der Waals surface area (Å²) in [7, 11) is -2.05.